The van der Waals surface area contributed by atoms with E-state index in [1.165, 1.54) is 0 Å². The molecule has 110 valence electrons. The van der Waals surface area contributed by atoms with E-state index in [0.717, 1.165) is 37.1 Å². The van der Waals surface area contributed by atoms with Crippen LogP contribution in [0.4, 0.5) is 5.69 Å². The minimum Gasteiger partial charge on any atom is -0.494 e. The lowest BCUT2D eigenvalue weighted by Gasteiger charge is -2.27. The molecule has 4 heteroatoms. The third-order valence-corrected chi connectivity index (χ3v) is 4.11. The minimum absolute atomic E-state index is 0.00939. The second-order valence-corrected chi connectivity index (χ2v) is 5.75. The number of benzene rings is 1. The first-order chi connectivity index (χ1) is 9.56. The van der Waals surface area contributed by atoms with Crippen molar-refractivity contribution < 1.29 is 9.53 Å². The van der Waals surface area contributed by atoms with Crippen molar-refractivity contribution in [2.45, 2.75) is 45.6 Å². The van der Waals surface area contributed by atoms with Gasteiger partial charge in [-0.05, 0) is 38.3 Å². The van der Waals surface area contributed by atoms with Crippen LogP contribution in [0.5, 0.6) is 5.75 Å². The number of anilines is 1. The second kappa shape index (κ2) is 6.27. The van der Waals surface area contributed by atoms with E-state index in [1.807, 2.05) is 31.2 Å². The molecule has 0 heterocycles. The molecule has 0 radical (unpaired) electrons. The highest BCUT2D eigenvalue weighted by Gasteiger charge is 2.42. The monoisotopic (exact) mass is 276 g/mol. The fourth-order valence-electron chi connectivity index (χ4n) is 2.63. The molecule has 2 unspecified atom stereocenters. The molecular formula is C16H24N2O2. The lowest BCUT2D eigenvalue weighted by atomic mass is 9.84. The maximum Gasteiger partial charge on any atom is 0.231 e. The number of nitrogens with one attached hydrogen (secondary N) is 1. The molecule has 2 rings (SSSR count). The third-order valence-electron chi connectivity index (χ3n) is 4.11. The molecule has 20 heavy (non-hydrogen) atoms. The summed E-state index contributed by atoms with van der Waals surface area (Å²) in [5.74, 6) is 0.792. The van der Waals surface area contributed by atoms with Gasteiger partial charge in [-0.3, -0.25) is 4.79 Å². The molecule has 1 aliphatic rings. The molecule has 0 bridgehead atoms. The summed E-state index contributed by atoms with van der Waals surface area (Å²) < 4.78 is 5.57. The largest absolute Gasteiger partial charge is 0.494 e. The van der Waals surface area contributed by atoms with Gasteiger partial charge in [-0.25, -0.2) is 0 Å². The first-order valence-corrected chi connectivity index (χ1v) is 7.36. The molecular weight excluding hydrogens is 252 g/mol. The van der Waals surface area contributed by atoms with E-state index >= 15 is 0 Å². The van der Waals surface area contributed by atoms with Crippen LogP contribution in [0.3, 0.4) is 0 Å². The van der Waals surface area contributed by atoms with Crippen molar-refractivity contribution in [3.63, 3.8) is 0 Å². The van der Waals surface area contributed by atoms with Gasteiger partial charge in [0.1, 0.15) is 5.75 Å². The maximum atomic E-state index is 12.4. The quantitative estimate of drug-likeness (QED) is 0.869. The zero-order valence-corrected chi connectivity index (χ0v) is 12.3. The van der Waals surface area contributed by atoms with Gasteiger partial charge in [0.25, 0.3) is 0 Å². The van der Waals surface area contributed by atoms with Gasteiger partial charge >= 0.3 is 0 Å². The Morgan fingerprint density at radius 1 is 1.55 bits per heavy atom. The first kappa shape index (κ1) is 14.9. The van der Waals surface area contributed by atoms with Gasteiger partial charge in [-0.1, -0.05) is 19.4 Å². The van der Waals surface area contributed by atoms with Crippen LogP contribution in [-0.4, -0.2) is 18.6 Å². The maximum absolute atomic E-state index is 12.4. The number of hydrogen-bond acceptors (Lipinski definition) is 3. The van der Waals surface area contributed by atoms with Gasteiger partial charge in [0, 0.05) is 17.8 Å². The number of ether oxygens (including phenoxy) is 1. The summed E-state index contributed by atoms with van der Waals surface area (Å²) in [6.45, 7) is 4.70. The van der Waals surface area contributed by atoms with Gasteiger partial charge in [0.05, 0.1) is 12.0 Å². The molecule has 1 aliphatic carbocycles. The van der Waals surface area contributed by atoms with Crippen LogP contribution in [-0.2, 0) is 4.79 Å². The lowest BCUT2D eigenvalue weighted by molar-refractivity contribution is -0.125. The summed E-state index contributed by atoms with van der Waals surface area (Å²) >= 11 is 0. The Kier molecular flexibility index (Phi) is 4.65. The zero-order chi connectivity index (χ0) is 14.6. The van der Waals surface area contributed by atoms with E-state index in [-0.39, 0.29) is 11.9 Å². The van der Waals surface area contributed by atoms with Crippen molar-refractivity contribution in [1.29, 1.82) is 0 Å². The van der Waals surface area contributed by atoms with Crippen molar-refractivity contribution in [3.05, 3.63) is 24.3 Å². The molecule has 4 nitrogen and oxygen atoms in total. The highest BCUT2D eigenvalue weighted by Crippen LogP contribution is 2.37. The molecule has 1 fully saturated rings. The third kappa shape index (κ3) is 3.12. The van der Waals surface area contributed by atoms with Crippen molar-refractivity contribution in [2.24, 2.45) is 11.1 Å². The number of nitrogens with two attached hydrogens (primary N) is 1. The van der Waals surface area contributed by atoms with E-state index < -0.39 is 5.41 Å². The molecule has 2 atom stereocenters. The Balaban J connectivity index is 2.04. The predicted molar refractivity (Wildman–Crippen MR) is 80.8 cm³/mol. The summed E-state index contributed by atoms with van der Waals surface area (Å²) in [6.07, 6.45) is 3.75. The zero-order valence-electron chi connectivity index (χ0n) is 12.3. The van der Waals surface area contributed by atoms with Crippen molar-refractivity contribution in [1.82, 2.24) is 0 Å². The Morgan fingerprint density at radius 3 is 3.00 bits per heavy atom. The number of carbonyl (C=O) groups is 1. The Hall–Kier alpha value is -1.55. The molecule has 0 spiro atoms. The van der Waals surface area contributed by atoms with Gasteiger partial charge in [0.2, 0.25) is 5.91 Å². The Bertz CT molecular complexity index is 475. The van der Waals surface area contributed by atoms with Crippen LogP contribution in [0.15, 0.2) is 24.3 Å². The summed E-state index contributed by atoms with van der Waals surface area (Å²) in [5.41, 5.74) is 6.39. The first-order valence-electron chi connectivity index (χ1n) is 7.36. The van der Waals surface area contributed by atoms with Crippen LogP contribution in [0.25, 0.3) is 0 Å². The summed E-state index contributed by atoms with van der Waals surface area (Å²) in [7, 11) is 0. The average molecular weight is 276 g/mol. The fraction of sp³-hybridized carbons (Fsp3) is 0.562. The van der Waals surface area contributed by atoms with Crippen LogP contribution in [0.2, 0.25) is 0 Å². The normalized spacial score (nSPS) is 25.4. The molecule has 1 saturated carbocycles. The summed E-state index contributed by atoms with van der Waals surface area (Å²) in [6, 6.07) is 7.46. The SMILES string of the molecule is CCCOc1cccc(NC(=O)C2(C)CCCC2N)c1. The van der Waals surface area contributed by atoms with Gasteiger partial charge < -0.3 is 15.8 Å². The van der Waals surface area contributed by atoms with Crippen LogP contribution < -0.4 is 15.8 Å². The second-order valence-electron chi connectivity index (χ2n) is 5.75. The van der Waals surface area contributed by atoms with Crippen molar-refractivity contribution >= 4 is 11.6 Å². The highest BCUT2D eigenvalue weighted by molar-refractivity contribution is 5.96. The standard InChI is InChI=1S/C16H24N2O2/c1-3-10-20-13-7-4-6-12(11-13)18-15(19)16(2)9-5-8-14(16)17/h4,6-7,11,14H,3,5,8-10,17H2,1-2H3,(H,18,19). The van der Waals surface area contributed by atoms with Crippen LogP contribution >= 0.6 is 0 Å². The van der Waals surface area contributed by atoms with Crippen molar-refractivity contribution in [2.75, 3.05) is 11.9 Å². The lowest BCUT2D eigenvalue weighted by Crippen LogP contribution is -2.44. The summed E-state index contributed by atoms with van der Waals surface area (Å²) in [4.78, 5) is 12.4. The Morgan fingerprint density at radius 2 is 2.35 bits per heavy atom. The number of hydrogen-bond donors (Lipinski definition) is 2. The molecule has 0 aliphatic heterocycles. The predicted octanol–water partition coefficient (Wildman–Crippen LogP) is 2.93. The topological polar surface area (TPSA) is 64.3 Å². The van der Waals surface area contributed by atoms with Gasteiger partial charge in [-0.15, -0.1) is 0 Å². The van der Waals surface area contributed by atoms with E-state index in [1.54, 1.807) is 0 Å². The molecule has 0 saturated heterocycles. The van der Waals surface area contributed by atoms with Crippen molar-refractivity contribution in [3.8, 4) is 5.75 Å². The van der Waals surface area contributed by atoms with Gasteiger partial charge in [0.15, 0.2) is 0 Å². The van der Waals surface area contributed by atoms with Crippen LogP contribution in [0.1, 0.15) is 39.5 Å². The number of carbonyl (C=O) groups excluding carboxylic acids is 1. The molecule has 1 aromatic carbocycles. The van der Waals surface area contributed by atoms with E-state index in [0.29, 0.717) is 6.61 Å². The van der Waals surface area contributed by atoms with Gasteiger partial charge in [-0.2, -0.15) is 0 Å². The molecule has 1 aromatic rings. The van der Waals surface area contributed by atoms with E-state index in [9.17, 15) is 4.79 Å². The minimum atomic E-state index is -0.458. The highest BCUT2D eigenvalue weighted by atomic mass is 16.5. The molecule has 1 amide bonds. The average Bonchev–Trinajstić information content (AvgIpc) is 2.78. The smallest absolute Gasteiger partial charge is 0.231 e. The van der Waals surface area contributed by atoms with E-state index in [2.05, 4.69) is 12.2 Å². The van der Waals surface area contributed by atoms with E-state index in [4.69, 9.17) is 10.5 Å². The number of amides is 1. The number of rotatable bonds is 5. The Labute approximate surface area is 120 Å². The fourth-order valence-corrected chi connectivity index (χ4v) is 2.63. The summed E-state index contributed by atoms with van der Waals surface area (Å²) in [5, 5.41) is 2.97. The molecule has 0 aromatic heterocycles. The molecule has 3 N–H and O–H groups in total. The van der Waals surface area contributed by atoms with Crippen LogP contribution in [0, 0.1) is 5.41 Å².